The minimum Gasteiger partial charge on any atom is -0.313 e. The van der Waals surface area contributed by atoms with Gasteiger partial charge in [0.05, 0.1) is 0 Å². The minimum atomic E-state index is -0.203. The van der Waals surface area contributed by atoms with Crippen molar-refractivity contribution in [3.8, 4) is 0 Å². The molecule has 0 spiro atoms. The quantitative estimate of drug-likeness (QED) is 0.842. The van der Waals surface area contributed by atoms with Crippen LogP contribution in [0.15, 0.2) is 18.2 Å². The molecule has 0 aliphatic heterocycles. The van der Waals surface area contributed by atoms with Crippen LogP contribution in [0.25, 0.3) is 0 Å². The van der Waals surface area contributed by atoms with E-state index in [1.807, 2.05) is 7.05 Å². The van der Waals surface area contributed by atoms with Crippen LogP contribution < -0.4 is 5.32 Å². The lowest BCUT2D eigenvalue weighted by atomic mass is 9.79. The number of hydrogen-bond donors (Lipinski definition) is 1. The summed E-state index contributed by atoms with van der Waals surface area (Å²) in [7, 11) is 1.87. The van der Waals surface area contributed by atoms with Gasteiger partial charge in [0, 0.05) is 16.6 Å². The molecule has 16 heavy (non-hydrogen) atoms. The van der Waals surface area contributed by atoms with Crippen molar-refractivity contribution in [1.29, 1.82) is 0 Å². The second-order valence-corrected chi connectivity index (χ2v) is 4.92. The van der Waals surface area contributed by atoms with E-state index in [-0.39, 0.29) is 11.9 Å². The van der Waals surface area contributed by atoms with Crippen LogP contribution in [0.5, 0.6) is 0 Å². The monoisotopic (exact) mass is 241 g/mol. The van der Waals surface area contributed by atoms with Crippen molar-refractivity contribution >= 4 is 11.6 Å². The minimum absolute atomic E-state index is 0.0407. The van der Waals surface area contributed by atoms with Gasteiger partial charge in [0.25, 0.3) is 0 Å². The Balaban J connectivity index is 2.17. The molecule has 1 aliphatic rings. The van der Waals surface area contributed by atoms with E-state index in [1.54, 1.807) is 12.1 Å². The van der Waals surface area contributed by atoms with Crippen LogP contribution in [0.3, 0.4) is 0 Å². The predicted molar refractivity (Wildman–Crippen MR) is 65.2 cm³/mol. The molecule has 3 heteroatoms. The summed E-state index contributed by atoms with van der Waals surface area (Å²) in [6.45, 7) is 0. The highest BCUT2D eigenvalue weighted by atomic mass is 35.5. The van der Waals surface area contributed by atoms with E-state index >= 15 is 0 Å². The highest BCUT2D eigenvalue weighted by molar-refractivity contribution is 6.31. The van der Waals surface area contributed by atoms with E-state index < -0.39 is 0 Å². The summed E-state index contributed by atoms with van der Waals surface area (Å²) in [5, 5.41) is 3.70. The van der Waals surface area contributed by atoms with E-state index in [0.29, 0.717) is 10.6 Å². The summed E-state index contributed by atoms with van der Waals surface area (Å²) in [5.74, 6) is 0.527. The lowest BCUT2D eigenvalue weighted by Gasteiger charge is -2.30. The Morgan fingerprint density at radius 1 is 1.50 bits per heavy atom. The van der Waals surface area contributed by atoms with E-state index in [1.165, 1.54) is 25.3 Å². The maximum atomic E-state index is 13.7. The summed E-state index contributed by atoms with van der Waals surface area (Å²) in [5.41, 5.74) is 0.624. The lowest BCUT2D eigenvalue weighted by molar-refractivity contribution is 0.263. The van der Waals surface area contributed by atoms with Crippen molar-refractivity contribution in [2.45, 2.75) is 31.7 Å². The lowest BCUT2D eigenvalue weighted by Crippen LogP contribution is -2.24. The summed E-state index contributed by atoms with van der Waals surface area (Å²) in [6.07, 6.45) is 4.83. The number of rotatable bonds is 4. The van der Waals surface area contributed by atoms with Gasteiger partial charge in [-0.2, -0.15) is 0 Å². The van der Waals surface area contributed by atoms with Gasteiger partial charge in [-0.1, -0.05) is 36.9 Å². The fraction of sp³-hybridized carbons (Fsp3) is 0.538. The summed E-state index contributed by atoms with van der Waals surface area (Å²) in [4.78, 5) is 0. The molecule has 1 N–H and O–H groups in total. The molecule has 1 aromatic carbocycles. The van der Waals surface area contributed by atoms with Crippen molar-refractivity contribution in [1.82, 2.24) is 5.32 Å². The van der Waals surface area contributed by atoms with Gasteiger partial charge in [-0.05, 0) is 31.5 Å². The molecule has 0 saturated heterocycles. The molecule has 0 amide bonds. The van der Waals surface area contributed by atoms with Crippen LogP contribution >= 0.6 is 11.6 Å². The molecule has 0 aromatic heterocycles. The van der Waals surface area contributed by atoms with Crippen molar-refractivity contribution in [2.24, 2.45) is 5.92 Å². The first kappa shape index (κ1) is 11.9. The van der Waals surface area contributed by atoms with Gasteiger partial charge < -0.3 is 5.32 Å². The molecule has 88 valence electrons. The van der Waals surface area contributed by atoms with Crippen LogP contribution in [0.4, 0.5) is 4.39 Å². The van der Waals surface area contributed by atoms with Crippen molar-refractivity contribution in [2.75, 3.05) is 7.05 Å². The maximum Gasteiger partial charge on any atom is 0.129 e. The van der Waals surface area contributed by atoms with Crippen molar-refractivity contribution in [3.05, 3.63) is 34.6 Å². The standard InChI is InChI=1S/C13H17ClFN/c1-16-12(8-9-4-2-5-9)13-10(14)6-3-7-11(13)15/h3,6-7,9,12,16H,2,4-5,8H2,1H3. The highest BCUT2D eigenvalue weighted by Gasteiger charge is 2.25. The van der Waals surface area contributed by atoms with E-state index in [9.17, 15) is 4.39 Å². The Morgan fingerprint density at radius 3 is 2.75 bits per heavy atom. The van der Waals surface area contributed by atoms with Crippen molar-refractivity contribution < 1.29 is 4.39 Å². The Bertz CT molecular complexity index is 343. The molecule has 1 fully saturated rings. The predicted octanol–water partition coefficient (Wildman–Crippen LogP) is 3.93. The zero-order valence-electron chi connectivity index (χ0n) is 9.47. The van der Waals surface area contributed by atoms with Gasteiger partial charge in [-0.15, -0.1) is 0 Å². The van der Waals surface area contributed by atoms with Crippen LogP contribution in [0, 0.1) is 11.7 Å². The number of halogens is 2. The fourth-order valence-electron chi connectivity index (χ4n) is 2.29. The molecule has 2 rings (SSSR count). The first-order chi connectivity index (χ1) is 7.72. The Labute approximate surface area is 101 Å². The average Bonchev–Trinajstić information content (AvgIpc) is 2.19. The van der Waals surface area contributed by atoms with Gasteiger partial charge in [0.15, 0.2) is 0 Å². The zero-order valence-corrected chi connectivity index (χ0v) is 10.2. The zero-order chi connectivity index (χ0) is 11.5. The SMILES string of the molecule is CNC(CC1CCC1)c1c(F)cccc1Cl. The second-order valence-electron chi connectivity index (χ2n) is 4.51. The first-order valence-corrected chi connectivity index (χ1v) is 6.21. The number of benzene rings is 1. The molecular formula is C13H17ClFN. The molecule has 1 aliphatic carbocycles. The summed E-state index contributed by atoms with van der Waals surface area (Å²) < 4.78 is 13.7. The summed E-state index contributed by atoms with van der Waals surface area (Å²) >= 11 is 6.07. The van der Waals surface area contributed by atoms with Crippen LogP contribution in [0.2, 0.25) is 5.02 Å². The number of nitrogens with one attached hydrogen (secondary N) is 1. The molecule has 1 saturated carbocycles. The van der Waals surface area contributed by atoms with Crippen molar-refractivity contribution in [3.63, 3.8) is 0 Å². The van der Waals surface area contributed by atoms with Gasteiger partial charge in [-0.25, -0.2) is 4.39 Å². The highest BCUT2D eigenvalue weighted by Crippen LogP contribution is 2.37. The third-order valence-electron chi connectivity index (χ3n) is 3.49. The number of hydrogen-bond acceptors (Lipinski definition) is 1. The average molecular weight is 242 g/mol. The Morgan fingerprint density at radius 2 is 2.25 bits per heavy atom. The van der Waals surface area contributed by atoms with E-state index in [4.69, 9.17) is 11.6 Å². The Kier molecular flexibility index (Phi) is 3.82. The van der Waals surface area contributed by atoms with Crippen LogP contribution in [-0.4, -0.2) is 7.05 Å². The second kappa shape index (κ2) is 5.15. The van der Waals surface area contributed by atoms with E-state index in [0.717, 1.165) is 12.3 Å². The largest absolute Gasteiger partial charge is 0.313 e. The third-order valence-corrected chi connectivity index (χ3v) is 3.82. The van der Waals surface area contributed by atoms with Gasteiger partial charge >= 0.3 is 0 Å². The smallest absolute Gasteiger partial charge is 0.129 e. The molecule has 1 aromatic rings. The molecule has 1 unspecified atom stereocenters. The first-order valence-electron chi connectivity index (χ1n) is 5.83. The molecule has 0 heterocycles. The van der Waals surface area contributed by atoms with Gasteiger partial charge in [0.1, 0.15) is 5.82 Å². The fourth-order valence-corrected chi connectivity index (χ4v) is 2.58. The third kappa shape index (κ3) is 2.38. The Hall–Kier alpha value is -0.600. The van der Waals surface area contributed by atoms with Gasteiger partial charge in [-0.3, -0.25) is 0 Å². The molecule has 0 radical (unpaired) electrons. The van der Waals surface area contributed by atoms with E-state index in [2.05, 4.69) is 5.32 Å². The molecule has 1 nitrogen and oxygen atoms in total. The molecular weight excluding hydrogens is 225 g/mol. The van der Waals surface area contributed by atoms with Crippen LogP contribution in [-0.2, 0) is 0 Å². The van der Waals surface area contributed by atoms with Crippen LogP contribution in [0.1, 0.15) is 37.3 Å². The normalized spacial score (nSPS) is 18.2. The molecule has 1 atom stereocenters. The van der Waals surface area contributed by atoms with Gasteiger partial charge in [0.2, 0.25) is 0 Å². The maximum absolute atomic E-state index is 13.7. The topological polar surface area (TPSA) is 12.0 Å². The summed E-state index contributed by atoms with van der Waals surface area (Å²) in [6, 6.07) is 4.92. The molecule has 0 bridgehead atoms.